The SMILES string of the molecule is CCOc1cc(Cl)ccc1C1COc2ccc3cc2N(CCC(CC)C(OC(=O)N(C)OC)/C=C/COC(C)(C)C(=O)NS3=O)C1. The maximum atomic E-state index is 13.4. The third kappa shape index (κ3) is 8.72. The molecule has 0 aliphatic carbocycles. The van der Waals surface area contributed by atoms with E-state index >= 15 is 0 Å². The fourth-order valence-corrected chi connectivity index (χ4v) is 6.48. The van der Waals surface area contributed by atoms with Crippen LogP contribution in [0.2, 0.25) is 5.02 Å². The molecular weight excluding hydrogens is 634 g/mol. The third-order valence-corrected chi connectivity index (χ3v) is 9.49. The fraction of sp³-hybridized carbons (Fsp3) is 0.515. The molecule has 0 saturated carbocycles. The van der Waals surface area contributed by atoms with E-state index in [0.717, 1.165) is 16.3 Å². The molecule has 0 fully saturated rings. The van der Waals surface area contributed by atoms with E-state index in [4.69, 9.17) is 35.4 Å². The van der Waals surface area contributed by atoms with Gasteiger partial charge in [-0.15, -0.1) is 0 Å². The standard InChI is InChI=1S/C33H44ClN3O8S/c1-7-22-15-16-37-20-23(26-13-11-24(34)18-30(26)42-8-2)21-43-29-14-12-25(19-27(29)37)46(40)35-31(38)33(3,4)44-17-9-10-28(22)45-32(39)36(5)41-6/h9-14,18-19,22-23,28H,7-8,15-17,20-21H2,1-6H3,(H,35,38)/b10-9+. The Hall–Kier alpha value is -3.32. The number of fused-ring (bicyclic) bond motifs is 1. The van der Waals surface area contributed by atoms with Gasteiger partial charge in [0.25, 0.3) is 5.91 Å². The van der Waals surface area contributed by atoms with Crippen LogP contribution in [0.3, 0.4) is 0 Å². The van der Waals surface area contributed by atoms with Crippen molar-refractivity contribution >= 4 is 40.3 Å². The van der Waals surface area contributed by atoms with Crippen molar-refractivity contribution in [2.45, 2.75) is 63.1 Å². The average Bonchev–Trinajstić information content (AvgIpc) is 3.21. The molecule has 0 spiro atoms. The molecule has 0 saturated heterocycles. The minimum Gasteiger partial charge on any atom is -0.494 e. The van der Waals surface area contributed by atoms with Crippen LogP contribution >= 0.6 is 11.6 Å². The lowest BCUT2D eigenvalue weighted by Gasteiger charge is -2.31. The molecule has 46 heavy (non-hydrogen) atoms. The van der Waals surface area contributed by atoms with Crippen LogP contribution in [0.5, 0.6) is 11.5 Å². The number of halogens is 1. The first-order valence-corrected chi connectivity index (χ1v) is 17.0. The molecule has 0 aromatic heterocycles. The Bertz CT molecular complexity index is 1440. The third-order valence-electron chi connectivity index (χ3n) is 8.21. The summed E-state index contributed by atoms with van der Waals surface area (Å²) in [4.78, 5) is 33.6. The van der Waals surface area contributed by atoms with Crippen molar-refractivity contribution in [3.8, 4) is 11.5 Å². The molecule has 2 heterocycles. The maximum Gasteiger partial charge on any atom is 0.434 e. The molecule has 0 radical (unpaired) electrons. The van der Waals surface area contributed by atoms with Crippen molar-refractivity contribution in [2.75, 3.05) is 52.0 Å². The molecule has 11 nitrogen and oxygen atoms in total. The molecule has 4 unspecified atom stereocenters. The molecule has 2 aromatic carbocycles. The zero-order chi connectivity index (χ0) is 33.4. The number of hydrogen-bond donors (Lipinski definition) is 1. The highest BCUT2D eigenvalue weighted by Crippen LogP contribution is 2.39. The van der Waals surface area contributed by atoms with Gasteiger partial charge in [0.2, 0.25) is 0 Å². The van der Waals surface area contributed by atoms with Crippen LogP contribution in [0, 0.1) is 5.92 Å². The van der Waals surface area contributed by atoms with Crippen molar-refractivity contribution in [2.24, 2.45) is 5.92 Å². The number of nitrogens with zero attached hydrogens (tertiary/aromatic N) is 2. The van der Waals surface area contributed by atoms with Gasteiger partial charge in [0.1, 0.15) is 23.2 Å². The lowest BCUT2D eigenvalue weighted by Crippen LogP contribution is -2.45. The lowest BCUT2D eigenvalue weighted by atomic mass is 9.93. The number of hydrogen-bond acceptors (Lipinski definition) is 9. The number of amides is 2. The van der Waals surface area contributed by atoms with Crippen LogP contribution in [0.4, 0.5) is 10.5 Å². The smallest absolute Gasteiger partial charge is 0.434 e. The van der Waals surface area contributed by atoms with Crippen molar-refractivity contribution in [1.29, 1.82) is 0 Å². The normalized spacial score (nSPS) is 24.2. The number of benzene rings is 2. The number of ether oxygens (including phenoxy) is 4. The molecule has 2 aliphatic heterocycles. The minimum absolute atomic E-state index is 0.0743. The summed E-state index contributed by atoms with van der Waals surface area (Å²) < 4.78 is 40.0. The highest BCUT2D eigenvalue weighted by Gasteiger charge is 2.32. The molecule has 2 bridgehead atoms. The Labute approximate surface area is 278 Å². The fourth-order valence-electron chi connectivity index (χ4n) is 5.37. The summed E-state index contributed by atoms with van der Waals surface area (Å²) in [7, 11) is 1.03. The number of rotatable bonds is 6. The van der Waals surface area contributed by atoms with Crippen LogP contribution in [-0.4, -0.2) is 80.0 Å². The van der Waals surface area contributed by atoms with Gasteiger partial charge in [0.05, 0.1) is 37.5 Å². The van der Waals surface area contributed by atoms with E-state index in [1.54, 1.807) is 44.2 Å². The molecule has 2 amide bonds. The van der Waals surface area contributed by atoms with E-state index in [0.29, 0.717) is 60.6 Å². The van der Waals surface area contributed by atoms with Crippen molar-refractivity contribution in [3.63, 3.8) is 0 Å². The first-order chi connectivity index (χ1) is 22.0. The van der Waals surface area contributed by atoms with Gasteiger partial charge in [-0.2, -0.15) is 5.06 Å². The van der Waals surface area contributed by atoms with Crippen molar-refractivity contribution in [1.82, 2.24) is 9.79 Å². The molecule has 4 atom stereocenters. The maximum absolute atomic E-state index is 13.4. The predicted octanol–water partition coefficient (Wildman–Crippen LogP) is 5.64. The van der Waals surface area contributed by atoms with Gasteiger partial charge in [-0.3, -0.25) is 14.4 Å². The van der Waals surface area contributed by atoms with E-state index in [-0.39, 0.29) is 18.4 Å². The summed E-state index contributed by atoms with van der Waals surface area (Å²) in [6.07, 6.45) is 3.66. The van der Waals surface area contributed by atoms with Crippen LogP contribution in [0.15, 0.2) is 53.4 Å². The molecule has 252 valence electrons. The van der Waals surface area contributed by atoms with E-state index in [1.165, 1.54) is 14.2 Å². The highest BCUT2D eigenvalue weighted by molar-refractivity contribution is 7.83. The van der Waals surface area contributed by atoms with Gasteiger partial charge in [0, 0.05) is 42.6 Å². The Balaban J connectivity index is 1.76. The summed E-state index contributed by atoms with van der Waals surface area (Å²) in [5.74, 6) is 0.629. The van der Waals surface area contributed by atoms with E-state index in [1.807, 2.05) is 32.0 Å². The van der Waals surface area contributed by atoms with Gasteiger partial charge in [-0.1, -0.05) is 30.7 Å². The summed E-state index contributed by atoms with van der Waals surface area (Å²) in [5.41, 5.74) is 0.429. The summed E-state index contributed by atoms with van der Waals surface area (Å²) in [5, 5.41) is 1.61. The van der Waals surface area contributed by atoms with Crippen LogP contribution in [-0.2, 0) is 30.1 Å². The van der Waals surface area contributed by atoms with E-state index < -0.39 is 34.7 Å². The number of carbonyl (C=O) groups excluding carboxylic acids is 2. The van der Waals surface area contributed by atoms with Gasteiger partial charge in [-0.25, -0.2) is 9.00 Å². The van der Waals surface area contributed by atoms with Gasteiger partial charge < -0.3 is 23.8 Å². The zero-order valence-electron chi connectivity index (χ0n) is 27.2. The quantitative estimate of drug-likeness (QED) is 0.306. The Morgan fingerprint density at radius 1 is 1.22 bits per heavy atom. The topological polar surface area (TPSA) is 116 Å². The monoisotopic (exact) mass is 677 g/mol. The van der Waals surface area contributed by atoms with Gasteiger partial charge >= 0.3 is 6.09 Å². The molecule has 1 N–H and O–H groups in total. The molecule has 2 aliphatic rings. The number of nitrogens with one attached hydrogen (secondary N) is 1. The van der Waals surface area contributed by atoms with Crippen LogP contribution in [0.1, 0.15) is 52.0 Å². The van der Waals surface area contributed by atoms with Crippen LogP contribution in [0.25, 0.3) is 0 Å². The first-order valence-electron chi connectivity index (χ1n) is 15.4. The van der Waals surface area contributed by atoms with Crippen LogP contribution < -0.4 is 19.1 Å². The summed E-state index contributed by atoms with van der Waals surface area (Å²) in [6, 6.07) is 10.9. The number of hydroxylamine groups is 2. The highest BCUT2D eigenvalue weighted by atomic mass is 35.5. The van der Waals surface area contributed by atoms with E-state index in [2.05, 4.69) is 9.62 Å². The summed E-state index contributed by atoms with van der Waals surface area (Å²) >= 11 is 6.32. The molecule has 2 aromatic rings. The lowest BCUT2D eigenvalue weighted by molar-refractivity contribution is -0.139. The first kappa shape index (κ1) is 35.5. The number of carbonyl (C=O) groups is 2. The molecular formula is C33H44ClN3O8S. The van der Waals surface area contributed by atoms with E-state index in [9.17, 15) is 13.8 Å². The van der Waals surface area contributed by atoms with Gasteiger partial charge in [0.15, 0.2) is 11.0 Å². The zero-order valence-corrected chi connectivity index (χ0v) is 28.8. The van der Waals surface area contributed by atoms with Crippen molar-refractivity contribution in [3.05, 3.63) is 59.1 Å². The average molecular weight is 678 g/mol. The Morgan fingerprint density at radius 2 is 2.00 bits per heavy atom. The molecule has 4 rings (SSSR count). The second kappa shape index (κ2) is 16.0. The predicted molar refractivity (Wildman–Crippen MR) is 177 cm³/mol. The van der Waals surface area contributed by atoms with Crippen molar-refractivity contribution < 1.29 is 37.6 Å². The Kier molecular flexibility index (Phi) is 12.4. The Morgan fingerprint density at radius 3 is 2.72 bits per heavy atom. The summed E-state index contributed by atoms with van der Waals surface area (Å²) in [6.45, 7) is 9.25. The minimum atomic E-state index is -1.84. The second-order valence-corrected chi connectivity index (χ2v) is 13.3. The molecule has 13 heteroatoms. The second-order valence-electron chi connectivity index (χ2n) is 11.6. The number of anilines is 1. The van der Waals surface area contributed by atoms with Gasteiger partial charge in [-0.05, 0) is 70.0 Å². The largest absolute Gasteiger partial charge is 0.494 e.